The van der Waals surface area contributed by atoms with Gasteiger partial charge in [0.05, 0.1) is 12.2 Å². The molecule has 1 atom stereocenters. The Morgan fingerprint density at radius 2 is 2.04 bits per heavy atom. The SMILES string of the molecule is CCOC(=O)c1c(NC(=O)COc2ccccc2)sc2c1C[C@H](C)CC2. The van der Waals surface area contributed by atoms with Gasteiger partial charge in [0.2, 0.25) is 0 Å². The van der Waals surface area contributed by atoms with Crippen molar-refractivity contribution in [2.75, 3.05) is 18.5 Å². The number of rotatable bonds is 6. The van der Waals surface area contributed by atoms with Gasteiger partial charge in [-0.05, 0) is 49.8 Å². The number of fused-ring (bicyclic) bond motifs is 1. The van der Waals surface area contributed by atoms with Crippen LogP contribution in [0, 0.1) is 5.92 Å². The van der Waals surface area contributed by atoms with Gasteiger partial charge in [0.25, 0.3) is 5.91 Å². The highest BCUT2D eigenvalue weighted by Crippen LogP contribution is 2.40. The summed E-state index contributed by atoms with van der Waals surface area (Å²) in [5.41, 5.74) is 1.55. The van der Waals surface area contributed by atoms with Crippen LogP contribution in [0.4, 0.5) is 5.00 Å². The van der Waals surface area contributed by atoms with E-state index in [0.29, 0.717) is 28.8 Å². The molecule has 1 aromatic heterocycles. The topological polar surface area (TPSA) is 64.6 Å². The number of nitrogens with one attached hydrogen (secondary N) is 1. The molecule has 0 saturated carbocycles. The van der Waals surface area contributed by atoms with Crippen molar-refractivity contribution in [2.45, 2.75) is 33.1 Å². The normalized spacial score (nSPS) is 15.8. The van der Waals surface area contributed by atoms with E-state index < -0.39 is 0 Å². The zero-order valence-electron chi connectivity index (χ0n) is 15.0. The number of benzene rings is 1. The lowest BCUT2D eigenvalue weighted by atomic mass is 9.88. The maximum atomic E-state index is 12.5. The van der Waals surface area contributed by atoms with Gasteiger partial charge in [-0.1, -0.05) is 25.1 Å². The number of carbonyl (C=O) groups excluding carboxylic acids is 2. The summed E-state index contributed by atoms with van der Waals surface area (Å²) in [4.78, 5) is 26.0. The number of aryl methyl sites for hydroxylation is 1. The Morgan fingerprint density at radius 1 is 1.27 bits per heavy atom. The summed E-state index contributed by atoms with van der Waals surface area (Å²) in [7, 11) is 0. The predicted molar refractivity (Wildman–Crippen MR) is 102 cm³/mol. The Labute approximate surface area is 157 Å². The summed E-state index contributed by atoms with van der Waals surface area (Å²) in [6.07, 6.45) is 2.88. The van der Waals surface area contributed by atoms with Gasteiger partial charge in [0.1, 0.15) is 10.8 Å². The first kappa shape index (κ1) is 18.5. The van der Waals surface area contributed by atoms with Gasteiger partial charge in [0.15, 0.2) is 6.61 Å². The lowest BCUT2D eigenvalue weighted by molar-refractivity contribution is -0.118. The maximum absolute atomic E-state index is 12.5. The Balaban J connectivity index is 1.76. The summed E-state index contributed by atoms with van der Waals surface area (Å²) < 4.78 is 10.7. The molecule has 0 spiro atoms. The van der Waals surface area contributed by atoms with Crippen LogP contribution in [0.15, 0.2) is 30.3 Å². The fourth-order valence-electron chi connectivity index (χ4n) is 3.09. The van der Waals surface area contributed by atoms with Gasteiger partial charge in [-0.3, -0.25) is 4.79 Å². The number of hydrogen-bond donors (Lipinski definition) is 1. The Bertz CT molecular complexity index is 785. The largest absolute Gasteiger partial charge is 0.484 e. The van der Waals surface area contributed by atoms with Crippen LogP contribution in [0.3, 0.4) is 0 Å². The second kappa shape index (κ2) is 8.36. The monoisotopic (exact) mass is 373 g/mol. The summed E-state index contributed by atoms with van der Waals surface area (Å²) >= 11 is 1.48. The standard InChI is InChI=1S/C20H23NO4S/c1-3-24-20(23)18-15-11-13(2)9-10-16(15)26-19(18)21-17(22)12-25-14-7-5-4-6-8-14/h4-8,13H,3,9-12H2,1-2H3,(H,21,22)/t13-/m1/s1. The van der Waals surface area contributed by atoms with Gasteiger partial charge in [0, 0.05) is 4.88 Å². The van der Waals surface area contributed by atoms with Crippen molar-refractivity contribution in [3.05, 3.63) is 46.3 Å². The minimum Gasteiger partial charge on any atom is -0.484 e. The van der Waals surface area contributed by atoms with Crippen LogP contribution in [-0.2, 0) is 22.4 Å². The Kier molecular flexibility index (Phi) is 5.93. The van der Waals surface area contributed by atoms with E-state index in [1.807, 2.05) is 18.2 Å². The number of para-hydroxylation sites is 1. The molecule has 0 bridgehead atoms. The summed E-state index contributed by atoms with van der Waals surface area (Å²) in [6.45, 7) is 4.17. The molecule has 2 aromatic rings. The average molecular weight is 373 g/mol. The van der Waals surface area contributed by atoms with Crippen LogP contribution in [0.2, 0.25) is 0 Å². The highest BCUT2D eigenvalue weighted by molar-refractivity contribution is 7.17. The molecule has 1 aliphatic carbocycles. The fraction of sp³-hybridized carbons (Fsp3) is 0.400. The van der Waals surface area contributed by atoms with E-state index in [1.165, 1.54) is 16.2 Å². The minimum absolute atomic E-state index is 0.106. The molecule has 1 amide bonds. The highest BCUT2D eigenvalue weighted by atomic mass is 32.1. The molecular weight excluding hydrogens is 350 g/mol. The number of ether oxygens (including phenoxy) is 2. The van der Waals surface area contributed by atoms with Gasteiger partial charge < -0.3 is 14.8 Å². The minimum atomic E-state index is -0.363. The number of esters is 1. The van der Waals surface area contributed by atoms with Crippen molar-refractivity contribution in [1.82, 2.24) is 0 Å². The predicted octanol–water partition coefficient (Wildman–Crippen LogP) is 4.07. The van der Waals surface area contributed by atoms with Crippen LogP contribution in [0.25, 0.3) is 0 Å². The molecule has 0 saturated heterocycles. The summed E-state index contributed by atoms with van der Waals surface area (Å²) in [5.74, 6) is 0.507. The molecular formula is C20H23NO4S. The van der Waals surface area contributed by atoms with E-state index in [-0.39, 0.29) is 18.5 Å². The van der Waals surface area contributed by atoms with Crippen LogP contribution < -0.4 is 10.1 Å². The van der Waals surface area contributed by atoms with Gasteiger partial charge in [-0.2, -0.15) is 0 Å². The van der Waals surface area contributed by atoms with Crippen LogP contribution in [0.5, 0.6) is 5.75 Å². The van der Waals surface area contributed by atoms with Crippen molar-refractivity contribution < 1.29 is 19.1 Å². The molecule has 3 rings (SSSR count). The molecule has 0 unspecified atom stereocenters. The number of hydrogen-bond acceptors (Lipinski definition) is 5. The second-order valence-electron chi connectivity index (χ2n) is 6.43. The van der Waals surface area contributed by atoms with E-state index >= 15 is 0 Å². The lowest BCUT2D eigenvalue weighted by Crippen LogP contribution is -2.21. The number of thiophene rings is 1. The molecule has 1 heterocycles. The fourth-order valence-corrected chi connectivity index (χ4v) is 4.34. The molecule has 6 heteroatoms. The number of amides is 1. The van der Waals surface area contributed by atoms with E-state index in [0.717, 1.165) is 24.8 Å². The first-order chi connectivity index (χ1) is 12.6. The molecule has 0 fully saturated rings. The van der Waals surface area contributed by atoms with E-state index in [2.05, 4.69) is 12.2 Å². The van der Waals surface area contributed by atoms with Crippen molar-refractivity contribution in [2.24, 2.45) is 5.92 Å². The zero-order valence-corrected chi connectivity index (χ0v) is 15.9. The quantitative estimate of drug-likeness (QED) is 0.776. The van der Waals surface area contributed by atoms with Crippen LogP contribution in [-0.4, -0.2) is 25.1 Å². The molecule has 26 heavy (non-hydrogen) atoms. The average Bonchev–Trinajstić information content (AvgIpc) is 2.98. The molecule has 138 valence electrons. The van der Waals surface area contributed by atoms with E-state index in [4.69, 9.17) is 9.47 Å². The van der Waals surface area contributed by atoms with E-state index in [1.54, 1.807) is 19.1 Å². The van der Waals surface area contributed by atoms with Crippen LogP contribution >= 0.6 is 11.3 Å². The smallest absolute Gasteiger partial charge is 0.341 e. The van der Waals surface area contributed by atoms with Crippen LogP contribution in [0.1, 0.15) is 41.1 Å². The molecule has 5 nitrogen and oxygen atoms in total. The van der Waals surface area contributed by atoms with Crippen molar-refractivity contribution in [1.29, 1.82) is 0 Å². The Morgan fingerprint density at radius 3 is 2.77 bits per heavy atom. The third kappa shape index (κ3) is 4.25. The third-order valence-corrected chi connectivity index (χ3v) is 5.56. The highest BCUT2D eigenvalue weighted by Gasteiger charge is 2.29. The third-order valence-electron chi connectivity index (χ3n) is 4.35. The van der Waals surface area contributed by atoms with Crippen molar-refractivity contribution >= 4 is 28.2 Å². The Hall–Kier alpha value is -2.34. The second-order valence-corrected chi connectivity index (χ2v) is 7.53. The molecule has 1 N–H and O–H groups in total. The van der Waals surface area contributed by atoms with Crippen molar-refractivity contribution in [3.63, 3.8) is 0 Å². The molecule has 1 aliphatic rings. The molecule has 0 radical (unpaired) electrons. The summed E-state index contributed by atoms with van der Waals surface area (Å²) in [6, 6.07) is 9.17. The maximum Gasteiger partial charge on any atom is 0.341 e. The van der Waals surface area contributed by atoms with Gasteiger partial charge >= 0.3 is 5.97 Å². The lowest BCUT2D eigenvalue weighted by Gasteiger charge is -2.18. The first-order valence-corrected chi connectivity index (χ1v) is 9.69. The number of anilines is 1. The van der Waals surface area contributed by atoms with Gasteiger partial charge in [-0.25, -0.2) is 4.79 Å². The van der Waals surface area contributed by atoms with Gasteiger partial charge in [-0.15, -0.1) is 11.3 Å². The molecule has 0 aliphatic heterocycles. The summed E-state index contributed by atoms with van der Waals surface area (Å²) in [5, 5.41) is 3.42. The molecule has 1 aromatic carbocycles. The zero-order chi connectivity index (χ0) is 18.5. The van der Waals surface area contributed by atoms with Crippen molar-refractivity contribution in [3.8, 4) is 5.75 Å². The van der Waals surface area contributed by atoms with E-state index in [9.17, 15) is 9.59 Å². The number of carbonyl (C=O) groups is 2. The first-order valence-electron chi connectivity index (χ1n) is 8.87.